The van der Waals surface area contributed by atoms with Crippen LogP contribution >= 0.6 is 0 Å². The number of fused-ring (bicyclic) bond motifs is 1. The second kappa shape index (κ2) is 9.56. The summed E-state index contributed by atoms with van der Waals surface area (Å²) in [5.74, 6) is 0.367. The zero-order valence-corrected chi connectivity index (χ0v) is 18.2. The first kappa shape index (κ1) is 20.8. The number of aryl methyl sites for hydroxylation is 1. The summed E-state index contributed by atoms with van der Waals surface area (Å²) in [6.07, 6.45) is 4.13. The van der Waals surface area contributed by atoms with E-state index in [0.29, 0.717) is 17.9 Å². The van der Waals surface area contributed by atoms with E-state index in [2.05, 4.69) is 44.1 Å². The molecule has 0 aliphatic heterocycles. The lowest BCUT2D eigenvalue weighted by Crippen LogP contribution is -2.20. The van der Waals surface area contributed by atoms with E-state index in [1.807, 2.05) is 48.5 Å². The highest BCUT2D eigenvalue weighted by Crippen LogP contribution is 2.21. The molecule has 33 heavy (non-hydrogen) atoms. The Morgan fingerprint density at radius 1 is 0.909 bits per heavy atom. The third kappa shape index (κ3) is 4.87. The van der Waals surface area contributed by atoms with Crippen LogP contribution in [-0.4, -0.2) is 31.8 Å². The van der Waals surface area contributed by atoms with Gasteiger partial charge in [0.2, 0.25) is 5.82 Å². The normalized spacial score (nSPS) is 14.5. The molecule has 7 heteroatoms. The van der Waals surface area contributed by atoms with E-state index >= 15 is 0 Å². The van der Waals surface area contributed by atoms with Crippen LogP contribution in [-0.2, 0) is 13.0 Å². The summed E-state index contributed by atoms with van der Waals surface area (Å²) in [5, 5.41) is 17.2. The molecule has 0 atom stereocenters. The number of hydrogen-bond acceptors (Lipinski definition) is 5. The van der Waals surface area contributed by atoms with Gasteiger partial charge in [-0.05, 0) is 54.2 Å². The Balaban J connectivity index is 1.24. The van der Waals surface area contributed by atoms with Gasteiger partial charge in [-0.15, -0.1) is 10.2 Å². The third-order valence-electron chi connectivity index (χ3n) is 5.76. The van der Waals surface area contributed by atoms with Crippen molar-refractivity contribution in [2.75, 3.05) is 0 Å². The van der Waals surface area contributed by atoms with Gasteiger partial charge in [0.05, 0.1) is 12.3 Å². The monoisotopic (exact) mass is 436 g/mol. The summed E-state index contributed by atoms with van der Waals surface area (Å²) < 4.78 is 0. The lowest BCUT2D eigenvalue weighted by atomic mass is 10.0. The van der Waals surface area contributed by atoms with Gasteiger partial charge >= 0.3 is 0 Å². The summed E-state index contributed by atoms with van der Waals surface area (Å²) in [6.45, 7) is 0.473. The van der Waals surface area contributed by atoms with Crippen molar-refractivity contribution in [3.63, 3.8) is 0 Å². The number of amides is 1. The number of carbonyl (C=O) groups is 1. The maximum absolute atomic E-state index is 12.7. The van der Waals surface area contributed by atoms with E-state index < -0.39 is 0 Å². The lowest BCUT2D eigenvalue weighted by Gasteiger charge is -2.08. The molecule has 0 spiro atoms. The van der Waals surface area contributed by atoms with E-state index in [9.17, 15) is 4.79 Å². The Morgan fingerprint density at radius 3 is 2.52 bits per heavy atom. The molecule has 164 valence electrons. The molecular weight excluding hydrogens is 412 g/mol. The first-order valence-corrected chi connectivity index (χ1v) is 11.1. The minimum Gasteiger partial charge on any atom is -0.267 e. The van der Waals surface area contributed by atoms with E-state index in [0.717, 1.165) is 48.1 Å². The van der Waals surface area contributed by atoms with Crippen LogP contribution in [0.2, 0.25) is 0 Å². The van der Waals surface area contributed by atoms with Crippen LogP contribution in [0.1, 0.15) is 46.3 Å². The fourth-order valence-corrected chi connectivity index (χ4v) is 4.00. The first-order valence-electron chi connectivity index (χ1n) is 11.1. The number of aromatic nitrogens is 4. The average Bonchev–Trinajstić information content (AvgIpc) is 3.23. The van der Waals surface area contributed by atoms with Crippen LogP contribution in [0.5, 0.6) is 0 Å². The van der Waals surface area contributed by atoms with Gasteiger partial charge in [0, 0.05) is 16.7 Å². The Kier molecular flexibility index (Phi) is 6.01. The summed E-state index contributed by atoms with van der Waals surface area (Å²) >= 11 is 0. The van der Waals surface area contributed by atoms with Crippen molar-refractivity contribution in [1.82, 2.24) is 25.6 Å². The molecule has 3 aromatic carbocycles. The van der Waals surface area contributed by atoms with Crippen LogP contribution in [0.4, 0.5) is 0 Å². The smallest absolute Gasteiger partial charge is 0.267 e. The topological polar surface area (TPSA) is 85.1 Å². The van der Waals surface area contributed by atoms with Crippen LogP contribution in [0.15, 0.2) is 84.0 Å². The molecule has 0 radical (unpaired) electrons. The van der Waals surface area contributed by atoms with Crippen molar-refractivity contribution in [2.24, 2.45) is 5.10 Å². The molecule has 0 fully saturated rings. The zero-order chi connectivity index (χ0) is 22.5. The SMILES string of the molecule is O=C(N/N=C1\CCCCc2ccccc21)c1ccc(Cn2nnc(-c3ccccc3)n2)cc1. The van der Waals surface area contributed by atoms with Crippen molar-refractivity contribution < 1.29 is 4.79 Å². The fraction of sp³-hybridized carbons (Fsp3) is 0.192. The number of carbonyl (C=O) groups excluding carboxylic acids is 1. The van der Waals surface area contributed by atoms with Gasteiger partial charge in [-0.3, -0.25) is 4.79 Å². The summed E-state index contributed by atoms with van der Waals surface area (Å²) in [6, 6.07) is 25.4. The fourth-order valence-electron chi connectivity index (χ4n) is 4.00. The number of rotatable bonds is 5. The first-order chi connectivity index (χ1) is 16.3. The number of hydrogen-bond donors (Lipinski definition) is 1. The molecule has 4 aromatic rings. The lowest BCUT2D eigenvalue weighted by molar-refractivity contribution is 0.0954. The maximum atomic E-state index is 12.7. The highest BCUT2D eigenvalue weighted by molar-refractivity contribution is 6.03. The van der Waals surface area contributed by atoms with E-state index in [4.69, 9.17) is 0 Å². The Hall–Kier alpha value is -4.13. The molecule has 0 saturated heterocycles. The Morgan fingerprint density at radius 2 is 1.67 bits per heavy atom. The molecule has 0 unspecified atom stereocenters. The molecular formula is C26H24N6O. The van der Waals surface area contributed by atoms with Crippen molar-refractivity contribution in [3.8, 4) is 11.4 Å². The summed E-state index contributed by atoms with van der Waals surface area (Å²) in [4.78, 5) is 14.2. The van der Waals surface area contributed by atoms with Crippen LogP contribution < -0.4 is 5.43 Å². The number of nitrogens with zero attached hydrogens (tertiary/aromatic N) is 5. The summed E-state index contributed by atoms with van der Waals surface area (Å²) in [7, 11) is 0. The number of hydrazone groups is 1. The number of tetrazole rings is 1. The molecule has 1 aliphatic rings. The highest BCUT2D eigenvalue weighted by atomic mass is 16.2. The molecule has 7 nitrogen and oxygen atoms in total. The molecule has 0 bridgehead atoms. The highest BCUT2D eigenvalue weighted by Gasteiger charge is 2.14. The van der Waals surface area contributed by atoms with E-state index in [1.165, 1.54) is 5.56 Å². The predicted molar refractivity (Wildman–Crippen MR) is 127 cm³/mol. The minimum absolute atomic E-state index is 0.221. The molecule has 5 rings (SSSR count). The second-order valence-corrected chi connectivity index (χ2v) is 8.07. The number of nitrogens with one attached hydrogen (secondary N) is 1. The van der Waals surface area contributed by atoms with Crippen molar-refractivity contribution in [1.29, 1.82) is 0 Å². The van der Waals surface area contributed by atoms with Gasteiger partial charge in [0.25, 0.3) is 5.91 Å². The average molecular weight is 437 g/mol. The standard InChI is InChI=1S/C26H24N6O/c33-26(29-27-24-13-7-5-9-20-8-4-6-12-23(20)24)22-16-14-19(15-17-22)18-32-30-25(28-31-32)21-10-2-1-3-11-21/h1-4,6,8,10-12,14-17H,5,7,9,13,18H2,(H,29,33)/b27-24+. The van der Waals surface area contributed by atoms with Gasteiger partial charge in [-0.2, -0.15) is 9.90 Å². The Labute approximate surface area is 192 Å². The molecule has 1 aromatic heterocycles. The largest absolute Gasteiger partial charge is 0.271 e. The minimum atomic E-state index is -0.221. The molecule has 1 heterocycles. The molecule has 0 saturated carbocycles. The van der Waals surface area contributed by atoms with Gasteiger partial charge in [-0.1, -0.05) is 66.7 Å². The Bertz CT molecular complexity index is 1280. The molecule has 1 amide bonds. The van der Waals surface area contributed by atoms with Crippen LogP contribution in [0.25, 0.3) is 11.4 Å². The zero-order valence-electron chi connectivity index (χ0n) is 18.2. The summed E-state index contributed by atoms with van der Waals surface area (Å²) in [5.41, 5.74) is 8.58. The second-order valence-electron chi connectivity index (χ2n) is 8.07. The number of benzene rings is 3. The van der Waals surface area contributed by atoms with Crippen LogP contribution in [0, 0.1) is 0 Å². The van der Waals surface area contributed by atoms with Crippen LogP contribution in [0.3, 0.4) is 0 Å². The molecule has 1 aliphatic carbocycles. The van der Waals surface area contributed by atoms with Gasteiger partial charge in [0.15, 0.2) is 0 Å². The van der Waals surface area contributed by atoms with Crippen molar-refractivity contribution >= 4 is 11.6 Å². The predicted octanol–water partition coefficient (Wildman–Crippen LogP) is 4.25. The van der Waals surface area contributed by atoms with Gasteiger partial charge in [0.1, 0.15) is 0 Å². The van der Waals surface area contributed by atoms with Gasteiger partial charge < -0.3 is 0 Å². The van der Waals surface area contributed by atoms with Crippen molar-refractivity contribution in [3.05, 3.63) is 101 Å². The molecule has 1 N–H and O–H groups in total. The van der Waals surface area contributed by atoms with E-state index in [-0.39, 0.29) is 5.91 Å². The van der Waals surface area contributed by atoms with E-state index in [1.54, 1.807) is 16.9 Å². The maximum Gasteiger partial charge on any atom is 0.271 e. The van der Waals surface area contributed by atoms with Crippen molar-refractivity contribution in [2.45, 2.75) is 32.2 Å². The quantitative estimate of drug-likeness (QED) is 0.374. The van der Waals surface area contributed by atoms with Gasteiger partial charge in [-0.25, -0.2) is 5.43 Å². The third-order valence-corrected chi connectivity index (χ3v) is 5.76.